The van der Waals surface area contributed by atoms with Crippen molar-refractivity contribution in [2.24, 2.45) is 0 Å². The highest BCUT2D eigenvalue weighted by Crippen LogP contribution is 2.25. The van der Waals surface area contributed by atoms with Crippen LogP contribution in [0.3, 0.4) is 0 Å². The minimum atomic E-state index is -1.00. The van der Waals surface area contributed by atoms with E-state index in [2.05, 4.69) is 5.32 Å². The molecule has 0 aliphatic carbocycles. The third-order valence-electron chi connectivity index (χ3n) is 3.62. The molecular weight excluding hydrogens is 377 g/mol. The van der Waals surface area contributed by atoms with E-state index in [1.165, 1.54) is 13.8 Å². The average molecular weight is 394 g/mol. The zero-order valence-corrected chi connectivity index (χ0v) is 15.7. The van der Waals surface area contributed by atoms with E-state index in [9.17, 15) is 14.4 Å². The summed E-state index contributed by atoms with van der Waals surface area (Å²) in [6.45, 7) is 2.92. The Morgan fingerprint density at radius 3 is 2.15 bits per heavy atom. The molecular formula is C19H17Cl2NO4. The Hall–Kier alpha value is -2.37. The summed E-state index contributed by atoms with van der Waals surface area (Å²) in [5.74, 6) is -1.17. The second kappa shape index (κ2) is 8.83. The molecule has 0 aliphatic heterocycles. The van der Waals surface area contributed by atoms with Crippen LogP contribution in [0.5, 0.6) is 0 Å². The highest BCUT2D eigenvalue weighted by Gasteiger charge is 2.20. The zero-order chi connectivity index (χ0) is 19.3. The molecule has 2 rings (SSSR count). The predicted molar refractivity (Wildman–Crippen MR) is 101 cm³/mol. The van der Waals surface area contributed by atoms with Crippen molar-refractivity contribution in [2.45, 2.75) is 26.4 Å². The van der Waals surface area contributed by atoms with Gasteiger partial charge in [0.2, 0.25) is 0 Å². The molecule has 0 aliphatic rings. The van der Waals surface area contributed by atoms with Crippen LogP contribution < -0.4 is 5.32 Å². The smallest absolute Gasteiger partial charge is 0.311 e. The van der Waals surface area contributed by atoms with Gasteiger partial charge < -0.3 is 10.1 Å². The maximum absolute atomic E-state index is 12.1. The molecule has 2 aromatic carbocycles. The Labute approximate surface area is 161 Å². The lowest BCUT2D eigenvalue weighted by atomic mass is 10.1. The number of ether oxygens (including phenoxy) is 1. The molecule has 26 heavy (non-hydrogen) atoms. The van der Waals surface area contributed by atoms with E-state index >= 15 is 0 Å². The highest BCUT2D eigenvalue weighted by molar-refractivity contribution is 6.36. The van der Waals surface area contributed by atoms with Crippen molar-refractivity contribution < 1.29 is 19.1 Å². The summed E-state index contributed by atoms with van der Waals surface area (Å²) in [5, 5.41) is 3.34. The largest absolute Gasteiger partial charge is 0.452 e. The van der Waals surface area contributed by atoms with Crippen LogP contribution in [-0.2, 0) is 20.7 Å². The van der Waals surface area contributed by atoms with Crippen molar-refractivity contribution in [1.82, 2.24) is 0 Å². The molecule has 1 atom stereocenters. The van der Waals surface area contributed by atoms with Gasteiger partial charge in [-0.3, -0.25) is 14.4 Å². The van der Waals surface area contributed by atoms with E-state index in [4.69, 9.17) is 27.9 Å². The van der Waals surface area contributed by atoms with Gasteiger partial charge in [0.1, 0.15) is 0 Å². The Morgan fingerprint density at radius 1 is 1.04 bits per heavy atom. The molecule has 0 fully saturated rings. The van der Waals surface area contributed by atoms with Crippen molar-refractivity contribution in [3.8, 4) is 0 Å². The van der Waals surface area contributed by atoms with E-state index < -0.39 is 18.0 Å². The Bertz CT molecular complexity index is 814. The highest BCUT2D eigenvalue weighted by atomic mass is 35.5. The number of nitrogens with one attached hydrogen (secondary N) is 1. The molecule has 0 saturated carbocycles. The number of anilines is 1. The minimum Gasteiger partial charge on any atom is -0.452 e. The average Bonchev–Trinajstić information content (AvgIpc) is 2.58. The third kappa shape index (κ3) is 5.31. The van der Waals surface area contributed by atoms with E-state index in [-0.39, 0.29) is 12.2 Å². The number of halogens is 2. The fourth-order valence-electron chi connectivity index (χ4n) is 2.17. The topological polar surface area (TPSA) is 72.5 Å². The lowest BCUT2D eigenvalue weighted by Gasteiger charge is -2.14. The molecule has 2 aromatic rings. The summed E-state index contributed by atoms with van der Waals surface area (Å²) in [5.41, 5.74) is 1.49. The summed E-state index contributed by atoms with van der Waals surface area (Å²) in [4.78, 5) is 35.4. The van der Waals surface area contributed by atoms with Crippen LogP contribution >= 0.6 is 23.2 Å². The first-order chi connectivity index (χ1) is 12.3. The number of carbonyl (C=O) groups excluding carboxylic acids is 3. The molecule has 1 amide bonds. The molecule has 0 heterocycles. The number of rotatable bonds is 6. The third-order valence-corrected chi connectivity index (χ3v) is 4.33. The molecule has 1 N–H and O–H groups in total. The Kier molecular flexibility index (Phi) is 6.77. The van der Waals surface area contributed by atoms with E-state index in [1.807, 2.05) is 0 Å². The lowest BCUT2D eigenvalue weighted by molar-refractivity contribution is -0.152. The van der Waals surface area contributed by atoms with Crippen LogP contribution in [0, 0.1) is 0 Å². The number of amides is 1. The first-order valence-corrected chi connectivity index (χ1v) is 8.57. The SMILES string of the molecule is CC(=O)c1ccc(NC(=O)[C@H](C)OC(=O)Cc2c(Cl)cccc2Cl)cc1. The molecule has 0 saturated heterocycles. The first kappa shape index (κ1) is 19.9. The Balaban J connectivity index is 1.93. The van der Waals surface area contributed by atoms with Gasteiger partial charge in [-0.1, -0.05) is 29.3 Å². The Morgan fingerprint density at radius 2 is 1.62 bits per heavy atom. The maximum Gasteiger partial charge on any atom is 0.311 e. The fraction of sp³-hybridized carbons (Fsp3) is 0.211. The summed E-state index contributed by atoms with van der Waals surface area (Å²) < 4.78 is 5.14. The van der Waals surface area contributed by atoms with Gasteiger partial charge in [-0.25, -0.2) is 0 Å². The van der Waals surface area contributed by atoms with Gasteiger partial charge in [0.15, 0.2) is 11.9 Å². The van der Waals surface area contributed by atoms with Crippen LogP contribution in [0.25, 0.3) is 0 Å². The molecule has 0 unspecified atom stereocenters. The van der Waals surface area contributed by atoms with E-state index in [0.29, 0.717) is 26.9 Å². The second-order valence-corrected chi connectivity index (χ2v) is 6.45. The van der Waals surface area contributed by atoms with Crippen LogP contribution in [-0.4, -0.2) is 23.8 Å². The number of benzene rings is 2. The number of carbonyl (C=O) groups is 3. The van der Waals surface area contributed by atoms with Crippen LogP contribution in [0.15, 0.2) is 42.5 Å². The molecule has 0 spiro atoms. The second-order valence-electron chi connectivity index (χ2n) is 5.63. The van der Waals surface area contributed by atoms with Crippen molar-refractivity contribution >= 4 is 46.5 Å². The van der Waals surface area contributed by atoms with Gasteiger partial charge >= 0.3 is 5.97 Å². The summed E-state index contributed by atoms with van der Waals surface area (Å²) in [6, 6.07) is 11.3. The molecule has 7 heteroatoms. The van der Waals surface area contributed by atoms with Crippen molar-refractivity contribution in [2.75, 3.05) is 5.32 Å². The van der Waals surface area contributed by atoms with Gasteiger partial charge in [0.05, 0.1) is 6.42 Å². The number of esters is 1. The predicted octanol–water partition coefficient (Wildman–Crippen LogP) is 4.31. The van der Waals surface area contributed by atoms with Gasteiger partial charge in [-0.15, -0.1) is 0 Å². The molecule has 5 nitrogen and oxygen atoms in total. The minimum absolute atomic E-state index is 0.0663. The van der Waals surface area contributed by atoms with Crippen LogP contribution in [0.4, 0.5) is 5.69 Å². The monoisotopic (exact) mass is 393 g/mol. The summed E-state index contributed by atoms with van der Waals surface area (Å²) in [6.07, 6.45) is -1.14. The van der Waals surface area contributed by atoms with Crippen LogP contribution in [0.1, 0.15) is 29.8 Å². The van der Waals surface area contributed by atoms with Gasteiger partial charge in [-0.2, -0.15) is 0 Å². The normalized spacial score (nSPS) is 11.5. The number of ketones is 1. The van der Waals surface area contributed by atoms with E-state index in [0.717, 1.165) is 0 Å². The van der Waals surface area contributed by atoms with Crippen molar-refractivity contribution in [3.05, 3.63) is 63.6 Å². The first-order valence-electron chi connectivity index (χ1n) is 7.82. The number of hydrogen-bond donors (Lipinski definition) is 1. The molecule has 136 valence electrons. The van der Waals surface area contributed by atoms with E-state index in [1.54, 1.807) is 42.5 Å². The van der Waals surface area contributed by atoms with Gasteiger partial charge in [-0.05, 0) is 50.2 Å². The molecule has 0 aromatic heterocycles. The lowest BCUT2D eigenvalue weighted by Crippen LogP contribution is -2.30. The summed E-state index contributed by atoms with van der Waals surface area (Å²) in [7, 11) is 0. The number of Topliss-reactive ketones (excluding diaryl/α,β-unsaturated/α-hetero) is 1. The fourth-order valence-corrected chi connectivity index (χ4v) is 2.70. The standard InChI is InChI=1S/C19H17Cl2NO4/c1-11(23)13-6-8-14(9-7-13)22-19(25)12(2)26-18(24)10-15-16(20)4-3-5-17(15)21/h3-9,12H,10H2,1-2H3,(H,22,25)/t12-/m0/s1. The zero-order valence-electron chi connectivity index (χ0n) is 14.2. The van der Waals surface area contributed by atoms with Gasteiger partial charge in [0.25, 0.3) is 5.91 Å². The van der Waals surface area contributed by atoms with Gasteiger partial charge in [0, 0.05) is 26.9 Å². The number of hydrogen-bond acceptors (Lipinski definition) is 4. The quantitative estimate of drug-likeness (QED) is 0.586. The molecule has 0 bridgehead atoms. The molecule has 0 radical (unpaired) electrons. The summed E-state index contributed by atoms with van der Waals surface area (Å²) >= 11 is 12.0. The van der Waals surface area contributed by atoms with Crippen LogP contribution in [0.2, 0.25) is 10.0 Å². The van der Waals surface area contributed by atoms with Crippen molar-refractivity contribution in [1.29, 1.82) is 0 Å². The maximum atomic E-state index is 12.1. The van der Waals surface area contributed by atoms with Crippen molar-refractivity contribution in [3.63, 3.8) is 0 Å².